The first-order valence-corrected chi connectivity index (χ1v) is 9.71. The van der Waals surface area contributed by atoms with Crippen molar-refractivity contribution in [1.82, 2.24) is 15.5 Å². The van der Waals surface area contributed by atoms with E-state index in [9.17, 15) is 19.2 Å². The number of rotatable bonds is 8. The molecule has 150 valence electrons. The fourth-order valence-corrected chi connectivity index (χ4v) is 3.82. The second kappa shape index (κ2) is 10.2. The number of hydrogen-bond donors (Lipinski definition) is 3. The van der Waals surface area contributed by atoms with E-state index in [-0.39, 0.29) is 18.4 Å². The van der Waals surface area contributed by atoms with Crippen LogP contribution in [0.4, 0.5) is 0 Å². The summed E-state index contributed by atoms with van der Waals surface area (Å²) in [6.07, 6.45) is 7.97. The lowest BCUT2D eigenvalue weighted by Gasteiger charge is -2.32. The number of nitrogens with two attached hydrogens (primary N) is 1. The van der Waals surface area contributed by atoms with Gasteiger partial charge in [-0.25, -0.2) is 0 Å². The largest absolute Gasteiger partial charge is 0.347 e. The Morgan fingerprint density at radius 3 is 2.44 bits per heavy atom. The first-order chi connectivity index (χ1) is 13.0. The summed E-state index contributed by atoms with van der Waals surface area (Å²) < 4.78 is 0. The monoisotopic (exact) mass is 378 g/mol. The van der Waals surface area contributed by atoms with E-state index >= 15 is 0 Å². The summed E-state index contributed by atoms with van der Waals surface area (Å²) in [4.78, 5) is 50.1. The van der Waals surface area contributed by atoms with Crippen LogP contribution in [0.25, 0.3) is 0 Å². The molecule has 0 radical (unpaired) electrons. The number of nitrogens with one attached hydrogen (secondary N) is 2. The van der Waals surface area contributed by atoms with Crippen LogP contribution in [-0.2, 0) is 19.2 Å². The summed E-state index contributed by atoms with van der Waals surface area (Å²) in [6, 6.07) is -1.21. The van der Waals surface area contributed by atoms with Crippen LogP contribution in [0.15, 0.2) is 12.7 Å². The highest BCUT2D eigenvalue weighted by Gasteiger charge is 2.38. The molecule has 27 heavy (non-hydrogen) atoms. The van der Waals surface area contributed by atoms with Crippen LogP contribution in [-0.4, -0.2) is 60.1 Å². The van der Waals surface area contributed by atoms with Gasteiger partial charge in [0, 0.05) is 13.1 Å². The highest BCUT2D eigenvalue weighted by Crippen LogP contribution is 2.28. The Morgan fingerprint density at radius 2 is 1.78 bits per heavy atom. The quantitative estimate of drug-likeness (QED) is 0.401. The van der Waals surface area contributed by atoms with E-state index in [1.54, 1.807) is 0 Å². The number of nitrogens with zero attached hydrogens (tertiary/aromatic N) is 1. The van der Waals surface area contributed by atoms with Gasteiger partial charge in [-0.1, -0.05) is 25.3 Å². The summed E-state index contributed by atoms with van der Waals surface area (Å²) >= 11 is 0. The number of amides is 3. The molecule has 0 unspecified atom stereocenters. The number of likely N-dealkylation sites (tertiary alicyclic amines) is 1. The maximum atomic E-state index is 12.8. The van der Waals surface area contributed by atoms with Crippen LogP contribution >= 0.6 is 0 Å². The van der Waals surface area contributed by atoms with Crippen LogP contribution in [0.2, 0.25) is 0 Å². The lowest BCUT2D eigenvalue weighted by atomic mass is 9.83. The Balaban J connectivity index is 1.87. The molecule has 1 aliphatic carbocycles. The van der Waals surface area contributed by atoms with Crippen LogP contribution in [0.1, 0.15) is 44.9 Å². The van der Waals surface area contributed by atoms with Crippen molar-refractivity contribution in [3.63, 3.8) is 0 Å². The minimum Gasteiger partial charge on any atom is -0.347 e. The van der Waals surface area contributed by atoms with Gasteiger partial charge in [-0.05, 0) is 31.6 Å². The van der Waals surface area contributed by atoms with Gasteiger partial charge in [0.1, 0.15) is 6.04 Å². The zero-order chi connectivity index (χ0) is 19.8. The lowest BCUT2D eigenvalue weighted by molar-refractivity contribution is -0.141. The average Bonchev–Trinajstić information content (AvgIpc) is 3.19. The van der Waals surface area contributed by atoms with E-state index in [4.69, 9.17) is 5.73 Å². The predicted octanol–water partition coefficient (Wildman–Crippen LogP) is -0.127. The molecule has 1 heterocycles. The van der Waals surface area contributed by atoms with Gasteiger partial charge in [0.25, 0.3) is 5.91 Å². The van der Waals surface area contributed by atoms with E-state index in [1.165, 1.54) is 17.4 Å². The number of ketones is 1. The van der Waals surface area contributed by atoms with Crippen molar-refractivity contribution in [2.45, 2.75) is 57.0 Å². The molecule has 2 atom stereocenters. The van der Waals surface area contributed by atoms with Crippen LogP contribution < -0.4 is 16.4 Å². The molecule has 0 spiro atoms. The smallest absolute Gasteiger partial charge is 0.289 e. The molecule has 0 aromatic carbocycles. The normalized spacial score (nSPS) is 21.4. The predicted molar refractivity (Wildman–Crippen MR) is 101 cm³/mol. The van der Waals surface area contributed by atoms with Gasteiger partial charge in [-0.3, -0.25) is 19.2 Å². The molecule has 1 saturated heterocycles. The molecular formula is C19H30N4O4. The summed E-state index contributed by atoms with van der Waals surface area (Å²) in [6.45, 7) is 3.73. The molecule has 2 rings (SSSR count). The van der Waals surface area contributed by atoms with E-state index < -0.39 is 36.2 Å². The van der Waals surface area contributed by atoms with Gasteiger partial charge in [-0.2, -0.15) is 0 Å². The summed E-state index contributed by atoms with van der Waals surface area (Å²) in [5.41, 5.74) is 6.20. The number of carbonyl (C=O) groups excluding carboxylic acids is 4. The van der Waals surface area contributed by atoms with Crippen LogP contribution in [0.5, 0.6) is 0 Å². The van der Waals surface area contributed by atoms with Gasteiger partial charge < -0.3 is 21.3 Å². The van der Waals surface area contributed by atoms with Gasteiger partial charge >= 0.3 is 0 Å². The number of hydrogen-bond acceptors (Lipinski definition) is 5. The molecule has 1 aliphatic heterocycles. The van der Waals surface area contributed by atoms with Gasteiger partial charge in [0.15, 0.2) is 0 Å². The Kier molecular flexibility index (Phi) is 7.97. The van der Waals surface area contributed by atoms with Crippen molar-refractivity contribution in [3.8, 4) is 0 Å². The fourth-order valence-electron chi connectivity index (χ4n) is 3.82. The maximum Gasteiger partial charge on any atom is 0.289 e. The van der Waals surface area contributed by atoms with Gasteiger partial charge in [0.2, 0.25) is 17.6 Å². The molecule has 2 fully saturated rings. The first kappa shape index (κ1) is 21.1. The first-order valence-electron chi connectivity index (χ1n) is 9.71. The maximum absolute atomic E-state index is 12.8. The third-order valence-electron chi connectivity index (χ3n) is 5.36. The Labute approximate surface area is 159 Å². The van der Waals surface area contributed by atoms with Crippen molar-refractivity contribution in [1.29, 1.82) is 0 Å². The summed E-state index contributed by atoms with van der Waals surface area (Å²) in [5.74, 6) is -1.93. The van der Waals surface area contributed by atoms with E-state index in [2.05, 4.69) is 17.2 Å². The molecule has 2 aliphatic rings. The third kappa shape index (κ3) is 5.63. The highest BCUT2D eigenvalue weighted by molar-refractivity contribution is 6.37. The second-order valence-electron chi connectivity index (χ2n) is 7.25. The molecule has 1 saturated carbocycles. The molecule has 8 nitrogen and oxygen atoms in total. The van der Waals surface area contributed by atoms with Crippen molar-refractivity contribution in [3.05, 3.63) is 12.7 Å². The minimum absolute atomic E-state index is 0.172. The second-order valence-corrected chi connectivity index (χ2v) is 7.25. The fraction of sp³-hybridized carbons (Fsp3) is 0.684. The minimum atomic E-state index is -0.770. The Hall–Kier alpha value is -2.22. The molecule has 0 aromatic heterocycles. The number of carbonyl (C=O) groups is 4. The molecule has 3 amide bonds. The van der Waals surface area contributed by atoms with Crippen LogP contribution in [0.3, 0.4) is 0 Å². The summed E-state index contributed by atoms with van der Waals surface area (Å²) in [7, 11) is 0. The van der Waals surface area contributed by atoms with E-state index in [0.717, 1.165) is 32.1 Å². The zero-order valence-corrected chi connectivity index (χ0v) is 15.7. The van der Waals surface area contributed by atoms with Gasteiger partial charge in [-0.15, -0.1) is 6.58 Å². The van der Waals surface area contributed by atoms with Crippen molar-refractivity contribution >= 4 is 23.5 Å². The van der Waals surface area contributed by atoms with E-state index in [1.807, 2.05) is 0 Å². The van der Waals surface area contributed by atoms with Crippen LogP contribution in [0, 0.1) is 5.92 Å². The highest BCUT2D eigenvalue weighted by atomic mass is 16.2. The molecule has 4 N–H and O–H groups in total. The molecule has 0 aromatic rings. The third-order valence-corrected chi connectivity index (χ3v) is 5.36. The average molecular weight is 378 g/mol. The number of Topliss-reactive ketones (excluding diaryl/α,β-unsaturated/α-hetero) is 1. The standard InChI is InChI=1S/C19H30N4O4/c1-2-10-21-18(26)15(24)12-22-17(25)14-9-6-11-23(14)19(27)16(20)13-7-4-3-5-8-13/h2,13-14,16H,1,3-12,20H2,(H,21,26)(H,22,25)/t14-,16-/m0/s1. The lowest BCUT2D eigenvalue weighted by Crippen LogP contribution is -2.54. The van der Waals surface area contributed by atoms with Crippen molar-refractivity contribution in [2.24, 2.45) is 11.7 Å². The Morgan fingerprint density at radius 1 is 1.07 bits per heavy atom. The summed E-state index contributed by atoms with van der Waals surface area (Å²) in [5, 5.41) is 4.84. The SMILES string of the molecule is C=CCNC(=O)C(=O)CNC(=O)[C@@H]1CCCN1C(=O)[C@@H](N)C1CCCCC1. The topological polar surface area (TPSA) is 122 Å². The Bertz CT molecular complexity index is 586. The molecule has 8 heteroatoms. The van der Waals surface area contributed by atoms with Gasteiger partial charge in [0.05, 0.1) is 12.6 Å². The van der Waals surface area contributed by atoms with Crippen molar-refractivity contribution in [2.75, 3.05) is 19.6 Å². The molecular weight excluding hydrogens is 348 g/mol. The van der Waals surface area contributed by atoms with Crippen molar-refractivity contribution < 1.29 is 19.2 Å². The molecule has 0 bridgehead atoms. The zero-order valence-electron chi connectivity index (χ0n) is 15.7. The van der Waals surface area contributed by atoms with E-state index in [0.29, 0.717) is 13.0 Å².